The Morgan fingerprint density at radius 1 is 1.62 bits per heavy atom. The Labute approximate surface area is 83.8 Å². The fraction of sp³-hybridized carbons (Fsp3) is 0.333. The van der Waals surface area contributed by atoms with E-state index in [2.05, 4.69) is 15.9 Å². The van der Waals surface area contributed by atoms with Crippen LogP contribution in [0.4, 0.5) is 4.39 Å². The number of ether oxygens (including phenoxy) is 2. The molecule has 0 N–H and O–H groups in total. The lowest BCUT2D eigenvalue weighted by molar-refractivity contribution is 0.261. The lowest BCUT2D eigenvalue weighted by Gasteiger charge is -2.05. The fourth-order valence-corrected chi connectivity index (χ4v) is 1.40. The van der Waals surface area contributed by atoms with E-state index in [9.17, 15) is 4.39 Å². The number of rotatable bonds is 3. The van der Waals surface area contributed by atoms with Gasteiger partial charge in [-0.1, -0.05) is 0 Å². The van der Waals surface area contributed by atoms with Gasteiger partial charge < -0.3 is 9.47 Å². The lowest BCUT2D eigenvalue weighted by atomic mass is 10.3. The summed E-state index contributed by atoms with van der Waals surface area (Å²) in [6, 6.07) is 4.35. The maximum absolute atomic E-state index is 12.6. The van der Waals surface area contributed by atoms with Crippen molar-refractivity contribution in [3.05, 3.63) is 28.5 Å². The molecule has 0 bridgehead atoms. The normalized spacial score (nSPS) is 20.0. The van der Waals surface area contributed by atoms with Crippen molar-refractivity contribution >= 4 is 15.9 Å². The summed E-state index contributed by atoms with van der Waals surface area (Å²) in [6.07, 6.45) is 0.219. The van der Waals surface area contributed by atoms with Gasteiger partial charge in [0.25, 0.3) is 0 Å². The van der Waals surface area contributed by atoms with E-state index in [1.54, 1.807) is 6.07 Å². The lowest BCUT2D eigenvalue weighted by Crippen LogP contribution is -2.04. The first-order valence-corrected chi connectivity index (χ1v) is 4.74. The number of epoxide rings is 1. The van der Waals surface area contributed by atoms with E-state index in [1.165, 1.54) is 12.1 Å². The van der Waals surface area contributed by atoms with E-state index in [-0.39, 0.29) is 11.9 Å². The van der Waals surface area contributed by atoms with Crippen LogP contribution in [0.3, 0.4) is 0 Å². The highest BCUT2D eigenvalue weighted by atomic mass is 79.9. The van der Waals surface area contributed by atoms with Gasteiger partial charge in [0, 0.05) is 0 Å². The topological polar surface area (TPSA) is 21.8 Å². The van der Waals surface area contributed by atoms with Crippen LogP contribution in [0.15, 0.2) is 22.7 Å². The molecule has 1 aliphatic heterocycles. The smallest absolute Gasteiger partial charge is 0.133 e. The van der Waals surface area contributed by atoms with Gasteiger partial charge in [0.2, 0.25) is 0 Å². The Hall–Kier alpha value is -0.610. The fourth-order valence-electron chi connectivity index (χ4n) is 0.939. The van der Waals surface area contributed by atoms with Crippen molar-refractivity contribution < 1.29 is 13.9 Å². The minimum absolute atomic E-state index is 0.219. The molecule has 4 heteroatoms. The predicted molar refractivity (Wildman–Crippen MR) is 49.3 cm³/mol. The molecule has 70 valence electrons. The predicted octanol–water partition coefficient (Wildman–Crippen LogP) is 2.37. The average molecular weight is 247 g/mol. The van der Waals surface area contributed by atoms with E-state index in [4.69, 9.17) is 9.47 Å². The van der Waals surface area contributed by atoms with Crippen LogP contribution in [-0.4, -0.2) is 19.3 Å². The van der Waals surface area contributed by atoms with Crippen LogP contribution in [0.1, 0.15) is 0 Å². The van der Waals surface area contributed by atoms with Crippen molar-refractivity contribution in [1.82, 2.24) is 0 Å². The third-order valence-electron chi connectivity index (χ3n) is 1.72. The summed E-state index contributed by atoms with van der Waals surface area (Å²) < 4.78 is 23.6. The molecule has 0 saturated carbocycles. The third-order valence-corrected chi connectivity index (χ3v) is 2.34. The zero-order chi connectivity index (χ0) is 9.26. The van der Waals surface area contributed by atoms with Crippen LogP contribution in [0.2, 0.25) is 0 Å². The molecule has 1 heterocycles. The van der Waals surface area contributed by atoms with E-state index in [0.29, 0.717) is 16.8 Å². The Morgan fingerprint density at radius 2 is 2.38 bits per heavy atom. The van der Waals surface area contributed by atoms with Crippen molar-refractivity contribution in [3.8, 4) is 5.75 Å². The van der Waals surface area contributed by atoms with Crippen molar-refractivity contribution in [2.75, 3.05) is 13.2 Å². The van der Waals surface area contributed by atoms with Gasteiger partial charge in [-0.05, 0) is 34.1 Å². The van der Waals surface area contributed by atoms with Crippen LogP contribution >= 0.6 is 15.9 Å². The molecular weight excluding hydrogens is 239 g/mol. The molecule has 0 aromatic heterocycles. The van der Waals surface area contributed by atoms with Gasteiger partial charge >= 0.3 is 0 Å². The number of hydrogen-bond acceptors (Lipinski definition) is 2. The molecule has 1 fully saturated rings. The quantitative estimate of drug-likeness (QED) is 0.765. The van der Waals surface area contributed by atoms with E-state index >= 15 is 0 Å². The second-order valence-corrected chi connectivity index (χ2v) is 3.70. The van der Waals surface area contributed by atoms with Gasteiger partial charge in [-0.3, -0.25) is 0 Å². The number of halogens is 2. The molecule has 0 unspecified atom stereocenters. The highest BCUT2D eigenvalue weighted by Crippen LogP contribution is 2.26. The standard InChI is InChI=1S/C9H8BrFO2/c10-8-3-6(11)1-2-9(8)13-5-7-4-12-7/h1-3,7H,4-5H2/t7-/m0/s1. The van der Waals surface area contributed by atoms with Gasteiger partial charge in [-0.25, -0.2) is 4.39 Å². The largest absolute Gasteiger partial charge is 0.490 e. The Kier molecular flexibility index (Phi) is 2.51. The monoisotopic (exact) mass is 246 g/mol. The molecule has 1 aromatic carbocycles. The van der Waals surface area contributed by atoms with Crippen LogP contribution in [0, 0.1) is 5.82 Å². The van der Waals surface area contributed by atoms with Crippen LogP contribution < -0.4 is 4.74 Å². The third kappa shape index (κ3) is 2.42. The summed E-state index contributed by atoms with van der Waals surface area (Å²) >= 11 is 3.21. The highest BCUT2D eigenvalue weighted by Gasteiger charge is 2.23. The summed E-state index contributed by atoms with van der Waals surface area (Å²) in [4.78, 5) is 0. The van der Waals surface area contributed by atoms with Gasteiger partial charge in [-0.15, -0.1) is 0 Å². The van der Waals surface area contributed by atoms with Crippen molar-refractivity contribution in [2.45, 2.75) is 6.10 Å². The van der Waals surface area contributed by atoms with Gasteiger partial charge in [0.15, 0.2) is 0 Å². The van der Waals surface area contributed by atoms with Crippen LogP contribution in [-0.2, 0) is 4.74 Å². The van der Waals surface area contributed by atoms with Crippen molar-refractivity contribution in [1.29, 1.82) is 0 Å². The first-order chi connectivity index (χ1) is 6.25. The van der Waals surface area contributed by atoms with Crippen molar-refractivity contribution in [3.63, 3.8) is 0 Å². The molecule has 0 aliphatic carbocycles. The highest BCUT2D eigenvalue weighted by molar-refractivity contribution is 9.10. The van der Waals surface area contributed by atoms with E-state index < -0.39 is 0 Å². The average Bonchev–Trinajstić information content (AvgIpc) is 2.86. The van der Waals surface area contributed by atoms with Crippen LogP contribution in [0.25, 0.3) is 0 Å². The minimum Gasteiger partial charge on any atom is -0.490 e. The first kappa shape index (κ1) is 8.97. The Morgan fingerprint density at radius 3 is 3.00 bits per heavy atom. The molecule has 1 aliphatic rings. The summed E-state index contributed by atoms with van der Waals surface area (Å²) in [6.45, 7) is 1.29. The Balaban J connectivity index is 2.01. The number of benzene rings is 1. The molecule has 2 nitrogen and oxygen atoms in total. The van der Waals surface area contributed by atoms with E-state index in [0.717, 1.165) is 6.61 Å². The maximum Gasteiger partial charge on any atom is 0.133 e. The zero-order valence-corrected chi connectivity index (χ0v) is 8.38. The number of hydrogen-bond donors (Lipinski definition) is 0. The molecule has 2 rings (SSSR count). The SMILES string of the molecule is Fc1ccc(OC[C@@H]2CO2)c(Br)c1. The molecule has 0 spiro atoms. The molecule has 13 heavy (non-hydrogen) atoms. The molecule has 1 atom stereocenters. The summed E-state index contributed by atoms with van der Waals surface area (Å²) in [5.41, 5.74) is 0. The minimum atomic E-state index is -0.276. The second-order valence-electron chi connectivity index (χ2n) is 2.84. The molecular formula is C9H8BrFO2. The van der Waals surface area contributed by atoms with Gasteiger partial charge in [0.05, 0.1) is 11.1 Å². The van der Waals surface area contributed by atoms with Gasteiger partial charge in [0.1, 0.15) is 24.3 Å². The maximum atomic E-state index is 12.6. The zero-order valence-electron chi connectivity index (χ0n) is 6.80. The first-order valence-electron chi connectivity index (χ1n) is 3.95. The summed E-state index contributed by atoms with van der Waals surface area (Å²) in [5.74, 6) is 0.374. The molecule has 0 amide bonds. The molecule has 1 saturated heterocycles. The summed E-state index contributed by atoms with van der Waals surface area (Å²) in [7, 11) is 0. The molecule has 1 aromatic rings. The van der Waals surface area contributed by atoms with E-state index in [1.807, 2.05) is 0 Å². The van der Waals surface area contributed by atoms with Crippen molar-refractivity contribution in [2.24, 2.45) is 0 Å². The van der Waals surface area contributed by atoms with Gasteiger partial charge in [-0.2, -0.15) is 0 Å². The Bertz CT molecular complexity index is 312. The summed E-state index contributed by atoms with van der Waals surface area (Å²) in [5, 5.41) is 0. The van der Waals surface area contributed by atoms with Crippen LogP contribution in [0.5, 0.6) is 5.75 Å². The second kappa shape index (κ2) is 3.64. The molecule has 0 radical (unpaired) electrons.